The fraction of sp³-hybridized carbons (Fsp3) is 0.625. The highest BCUT2D eigenvalue weighted by molar-refractivity contribution is 5.93. The first-order valence-corrected chi connectivity index (χ1v) is 12.0. The third kappa shape index (κ3) is 3.20. The molecule has 8 atom stereocenters. The van der Waals surface area contributed by atoms with Gasteiger partial charge in [0.1, 0.15) is 12.3 Å². The van der Waals surface area contributed by atoms with Crippen LogP contribution in [-0.4, -0.2) is 81.1 Å². The van der Waals surface area contributed by atoms with Crippen molar-refractivity contribution in [1.29, 1.82) is 5.26 Å². The first kappa shape index (κ1) is 21.1. The van der Waals surface area contributed by atoms with Crippen molar-refractivity contribution in [2.75, 3.05) is 13.1 Å². The summed E-state index contributed by atoms with van der Waals surface area (Å²) in [6, 6.07) is 7.32. The molecule has 6 rings (SSSR count). The second-order valence-electron chi connectivity index (χ2n) is 10.4. The van der Waals surface area contributed by atoms with Crippen LogP contribution in [0, 0.1) is 17.2 Å². The molecule has 1 aromatic carbocycles. The van der Waals surface area contributed by atoms with Gasteiger partial charge < -0.3 is 21.5 Å². The minimum Gasteiger partial charge on any atom is -0.377 e. The number of nitriles is 1. The molecule has 2 aliphatic carbocycles. The van der Waals surface area contributed by atoms with Crippen molar-refractivity contribution in [3.05, 3.63) is 34.9 Å². The van der Waals surface area contributed by atoms with Crippen LogP contribution >= 0.6 is 0 Å². The van der Waals surface area contributed by atoms with Gasteiger partial charge in [-0.25, -0.2) is 0 Å². The van der Waals surface area contributed by atoms with Gasteiger partial charge in [-0.2, -0.15) is 5.26 Å². The van der Waals surface area contributed by atoms with E-state index in [1.54, 1.807) is 11.0 Å². The highest BCUT2D eigenvalue weighted by Crippen LogP contribution is 2.48. The molecule has 0 radical (unpaired) electrons. The second kappa shape index (κ2) is 7.50. The molecule has 0 spiro atoms. The Balaban J connectivity index is 1.12. The van der Waals surface area contributed by atoms with E-state index in [1.165, 1.54) is 5.56 Å². The summed E-state index contributed by atoms with van der Waals surface area (Å²) in [6.45, 7) is 1.17. The molecule has 3 heterocycles. The molecule has 4 fully saturated rings. The lowest BCUT2D eigenvalue weighted by Crippen LogP contribution is -2.58. The Morgan fingerprint density at radius 3 is 2.79 bits per heavy atom. The molecule has 2 bridgehead atoms. The van der Waals surface area contributed by atoms with E-state index in [4.69, 9.17) is 11.5 Å². The molecule has 3 aliphatic heterocycles. The van der Waals surface area contributed by atoms with Gasteiger partial charge in [0.25, 0.3) is 0 Å². The minimum absolute atomic E-state index is 0.0539. The Bertz CT molecular complexity index is 1050. The normalized spacial score (nSPS) is 37.6. The van der Waals surface area contributed by atoms with Crippen molar-refractivity contribution in [2.45, 2.75) is 74.6 Å². The van der Waals surface area contributed by atoms with E-state index in [1.807, 2.05) is 12.1 Å². The summed E-state index contributed by atoms with van der Waals surface area (Å²) in [7, 11) is 0. The van der Waals surface area contributed by atoms with Gasteiger partial charge in [0.15, 0.2) is 0 Å². The molecule has 3 saturated heterocycles. The third-order valence-electron chi connectivity index (χ3n) is 8.59. The number of carbonyl (C=O) groups is 2. The van der Waals surface area contributed by atoms with Gasteiger partial charge in [-0.05, 0) is 61.3 Å². The van der Waals surface area contributed by atoms with Crippen molar-refractivity contribution in [3.8, 4) is 6.07 Å². The number of benzene rings is 1. The topological polar surface area (TPSA) is 140 Å². The highest BCUT2D eigenvalue weighted by atomic mass is 16.3. The molecule has 5 N–H and O–H groups in total. The van der Waals surface area contributed by atoms with Gasteiger partial charge in [-0.1, -0.05) is 6.07 Å². The number of piperidine rings is 1. The number of aliphatic hydroxyl groups is 1. The van der Waals surface area contributed by atoms with Crippen molar-refractivity contribution in [3.63, 3.8) is 0 Å². The van der Waals surface area contributed by atoms with Crippen LogP contribution in [0.2, 0.25) is 0 Å². The van der Waals surface area contributed by atoms with Crippen molar-refractivity contribution < 1.29 is 14.7 Å². The van der Waals surface area contributed by atoms with E-state index in [0.717, 1.165) is 44.2 Å². The first-order chi connectivity index (χ1) is 15.9. The lowest BCUT2D eigenvalue weighted by molar-refractivity contribution is -0.135. The van der Waals surface area contributed by atoms with Crippen LogP contribution in [0.25, 0.3) is 0 Å². The number of nitrogens with two attached hydrogens (primary N) is 2. The number of primary amides is 1. The molecule has 2 amide bonds. The Labute approximate surface area is 192 Å². The fourth-order valence-corrected chi connectivity index (χ4v) is 6.97. The summed E-state index contributed by atoms with van der Waals surface area (Å²) in [5, 5.41) is 20.6. The number of piperazine rings is 1. The Kier molecular flexibility index (Phi) is 4.79. The van der Waals surface area contributed by atoms with Crippen LogP contribution in [0.15, 0.2) is 18.2 Å². The average Bonchev–Trinajstić information content (AvgIpc) is 3.15. The van der Waals surface area contributed by atoms with Crippen molar-refractivity contribution in [2.24, 2.45) is 17.4 Å². The van der Waals surface area contributed by atoms with Gasteiger partial charge >= 0.3 is 0 Å². The van der Waals surface area contributed by atoms with Crippen LogP contribution in [0.1, 0.15) is 53.2 Å². The van der Waals surface area contributed by atoms with Gasteiger partial charge in [0.05, 0.1) is 18.2 Å². The van der Waals surface area contributed by atoms with Crippen LogP contribution in [0.3, 0.4) is 0 Å². The Hall–Kier alpha value is -2.51. The Morgan fingerprint density at radius 1 is 1.24 bits per heavy atom. The molecule has 174 valence electrons. The summed E-state index contributed by atoms with van der Waals surface area (Å²) in [5.41, 5.74) is 14.6. The Morgan fingerprint density at radius 2 is 2.06 bits per heavy atom. The number of hydrogen-bond acceptors (Lipinski definition) is 7. The average molecular weight is 451 g/mol. The smallest absolute Gasteiger partial charge is 0.248 e. The molecule has 9 heteroatoms. The van der Waals surface area contributed by atoms with E-state index in [2.05, 4.69) is 15.9 Å². The number of amides is 2. The van der Waals surface area contributed by atoms with E-state index >= 15 is 0 Å². The number of fused-ring (bicyclic) bond motifs is 4. The van der Waals surface area contributed by atoms with E-state index in [-0.39, 0.29) is 36.1 Å². The maximum absolute atomic E-state index is 13.0. The zero-order valence-electron chi connectivity index (χ0n) is 18.5. The van der Waals surface area contributed by atoms with Gasteiger partial charge in [0, 0.05) is 36.8 Å². The first-order valence-electron chi connectivity index (χ1n) is 12.0. The fourth-order valence-electron chi connectivity index (χ4n) is 6.97. The lowest BCUT2D eigenvalue weighted by Gasteiger charge is -2.42. The molecular formula is C24H30N6O3. The quantitative estimate of drug-likeness (QED) is 0.559. The second-order valence-corrected chi connectivity index (χ2v) is 10.4. The SMILES string of the molecule is N#CC1C[C@@H]2C[C@@H]2N1C(=O)C(N)CN1CC2C[C@H]1C(O)N2C1CCc2cc(C(N)=O)ccc21. The zero-order valence-corrected chi connectivity index (χ0v) is 18.5. The summed E-state index contributed by atoms with van der Waals surface area (Å²) in [4.78, 5) is 30.6. The number of hydrogen-bond donors (Lipinski definition) is 3. The molecule has 5 aliphatic rings. The van der Waals surface area contributed by atoms with Crippen LogP contribution in [-0.2, 0) is 11.2 Å². The van der Waals surface area contributed by atoms with Crippen molar-refractivity contribution >= 4 is 11.8 Å². The van der Waals surface area contributed by atoms with Gasteiger partial charge in [-0.15, -0.1) is 0 Å². The molecule has 0 aromatic heterocycles. The number of nitrogens with zero attached hydrogens (tertiary/aromatic N) is 4. The summed E-state index contributed by atoms with van der Waals surface area (Å²) < 4.78 is 0. The van der Waals surface area contributed by atoms with Crippen LogP contribution in [0.4, 0.5) is 0 Å². The maximum Gasteiger partial charge on any atom is 0.248 e. The van der Waals surface area contributed by atoms with Crippen LogP contribution in [0.5, 0.6) is 0 Å². The summed E-state index contributed by atoms with van der Waals surface area (Å²) in [5.74, 6) is -0.0803. The van der Waals surface area contributed by atoms with E-state index in [9.17, 15) is 20.0 Å². The number of carbonyl (C=O) groups excluding carboxylic acids is 2. The molecule has 1 aromatic rings. The number of aliphatic hydroxyl groups excluding tert-OH is 1. The predicted molar refractivity (Wildman–Crippen MR) is 118 cm³/mol. The number of likely N-dealkylation sites (tertiary alicyclic amines) is 3. The third-order valence-corrected chi connectivity index (χ3v) is 8.59. The molecule has 9 nitrogen and oxygen atoms in total. The van der Waals surface area contributed by atoms with Gasteiger partial charge in [0.2, 0.25) is 11.8 Å². The molecule has 33 heavy (non-hydrogen) atoms. The van der Waals surface area contributed by atoms with E-state index < -0.39 is 18.2 Å². The lowest BCUT2D eigenvalue weighted by atomic mass is 10.0. The monoisotopic (exact) mass is 450 g/mol. The highest BCUT2D eigenvalue weighted by Gasteiger charge is 2.56. The van der Waals surface area contributed by atoms with E-state index in [0.29, 0.717) is 18.0 Å². The standard InChI is InChI=1S/C24H30N6O3/c25-9-15-6-14-7-20(14)29(15)23(32)18(26)11-28-10-16-8-21(28)24(33)30(16)19-4-2-12-5-13(22(27)31)1-3-17(12)19/h1,3,5,14-16,18-21,24,33H,2,4,6-8,10-11,26H2,(H2,27,31)/t14-,15?,16?,18?,19?,20+,21+,24?/m1/s1. The summed E-state index contributed by atoms with van der Waals surface area (Å²) in [6.07, 6.45) is 3.76. The number of rotatable bonds is 5. The predicted octanol–water partition coefficient (Wildman–Crippen LogP) is -0.310. The summed E-state index contributed by atoms with van der Waals surface area (Å²) >= 11 is 0. The zero-order chi connectivity index (χ0) is 23.0. The largest absolute Gasteiger partial charge is 0.377 e. The van der Waals surface area contributed by atoms with Crippen molar-refractivity contribution in [1.82, 2.24) is 14.7 Å². The minimum atomic E-state index is -0.681. The number of aryl methyl sites for hydroxylation is 1. The molecule has 1 saturated carbocycles. The van der Waals surface area contributed by atoms with Crippen LogP contribution < -0.4 is 11.5 Å². The molecular weight excluding hydrogens is 420 g/mol. The molecule has 5 unspecified atom stereocenters. The van der Waals surface area contributed by atoms with Gasteiger partial charge in [-0.3, -0.25) is 19.4 Å². The maximum atomic E-state index is 13.0.